The first kappa shape index (κ1) is 19.4. The highest BCUT2D eigenvalue weighted by molar-refractivity contribution is 7.16. The molecule has 1 aliphatic rings. The van der Waals surface area contributed by atoms with E-state index < -0.39 is 0 Å². The van der Waals surface area contributed by atoms with E-state index in [1.807, 2.05) is 49.4 Å². The van der Waals surface area contributed by atoms with Gasteiger partial charge in [-0.15, -0.1) is 0 Å². The summed E-state index contributed by atoms with van der Waals surface area (Å²) in [7, 11) is 0. The minimum absolute atomic E-state index is 0.125. The quantitative estimate of drug-likeness (QED) is 0.501. The number of nitrogens with two attached hydrogens (primary N) is 1. The zero-order valence-electron chi connectivity index (χ0n) is 17.2. The van der Waals surface area contributed by atoms with E-state index in [2.05, 4.69) is 29.0 Å². The molecule has 0 bridgehead atoms. The lowest BCUT2D eigenvalue weighted by Crippen LogP contribution is -2.17. The van der Waals surface area contributed by atoms with Crippen LogP contribution in [-0.2, 0) is 0 Å². The Hall–Kier alpha value is -3.58. The number of nitrogens with zero attached hydrogens (tertiary/aromatic N) is 4. The fourth-order valence-corrected chi connectivity index (χ4v) is 5.08. The lowest BCUT2D eigenvalue weighted by atomic mass is 9.97. The number of hydrogen-bond acceptors (Lipinski definition) is 6. The second kappa shape index (κ2) is 7.59. The van der Waals surface area contributed by atoms with Crippen molar-refractivity contribution in [2.24, 2.45) is 4.99 Å². The van der Waals surface area contributed by atoms with Crippen molar-refractivity contribution in [3.63, 3.8) is 0 Å². The normalized spacial score (nSPS) is 15.3. The Kier molecular flexibility index (Phi) is 4.75. The van der Waals surface area contributed by atoms with Crippen LogP contribution in [0.25, 0.3) is 16.6 Å². The smallest absolute Gasteiger partial charge is 0.283 e. The van der Waals surface area contributed by atoms with Crippen LogP contribution in [0.3, 0.4) is 0 Å². The minimum Gasteiger partial charge on any atom is -0.383 e. The highest BCUT2D eigenvalue weighted by Crippen LogP contribution is 2.36. The maximum absolute atomic E-state index is 12.9. The van der Waals surface area contributed by atoms with Crippen LogP contribution >= 0.6 is 11.3 Å². The first-order valence-electron chi connectivity index (χ1n) is 10.2. The van der Waals surface area contributed by atoms with Gasteiger partial charge in [0.15, 0.2) is 0 Å². The van der Waals surface area contributed by atoms with Crippen molar-refractivity contribution in [3.05, 3.63) is 86.6 Å². The van der Waals surface area contributed by atoms with Gasteiger partial charge in [0.2, 0.25) is 4.96 Å². The van der Waals surface area contributed by atoms with Crippen LogP contribution in [0, 0.1) is 0 Å². The molecule has 5 rings (SSSR count). The van der Waals surface area contributed by atoms with E-state index in [9.17, 15) is 4.79 Å². The van der Waals surface area contributed by atoms with Gasteiger partial charge >= 0.3 is 0 Å². The molecule has 0 saturated heterocycles. The summed E-state index contributed by atoms with van der Waals surface area (Å²) in [5.74, 6) is 0.422. The maximum atomic E-state index is 12.9. The van der Waals surface area contributed by atoms with E-state index in [-0.39, 0.29) is 11.5 Å². The molecule has 0 aliphatic carbocycles. The van der Waals surface area contributed by atoms with Gasteiger partial charge in [-0.25, -0.2) is 0 Å². The van der Waals surface area contributed by atoms with E-state index in [1.165, 1.54) is 16.9 Å². The van der Waals surface area contributed by atoms with Gasteiger partial charge in [-0.2, -0.15) is 14.6 Å². The van der Waals surface area contributed by atoms with Crippen LogP contribution in [0.15, 0.2) is 64.4 Å². The zero-order chi connectivity index (χ0) is 21.5. The van der Waals surface area contributed by atoms with Crippen LogP contribution in [-0.4, -0.2) is 20.3 Å². The van der Waals surface area contributed by atoms with Gasteiger partial charge in [0.25, 0.3) is 5.56 Å². The van der Waals surface area contributed by atoms with Gasteiger partial charge in [-0.1, -0.05) is 66.8 Å². The summed E-state index contributed by atoms with van der Waals surface area (Å²) in [5, 5.41) is 5.64. The molecule has 0 radical (unpaired) electrons. The van der Waals surface area contributed by atoms with Crippen molar-refractivity contribution in [1.82, 2.24) is 14.6 Å². The van der Waals surface area contributed by atoms with Gasteiger partial charge in [0.05, 0.1) is 11.3 Å². The molecular weight excluding hydrogens is 406 g/mol. The topological polar surface area (TPSA) is 85.6 Å². The largest absolute Gasteiger partial charge is 0.383 e. The van der Waals surface area contributed by atoms with Crippen LogP contribution in [0.5, 0.6) is 0 Å². The van der Waals surface area contributed by atoms with Crippen LogP contribution in [0.1, 0.15) is 47.9 Å². The second-order valence-corrected chi connectivity index (χ2v) is 8.48. The molecule has 2 aromatic heterocycles. The fourth-order valence-electron chi connectivity index (χ4n) is 3.97. The molecule has 0 amide bonds. The molecule has 7 heteroatoms. The van der Waals surface area contributed by atoms with E-state index in [4.69, 9.17) is 10.8 Å². The summed E-state index contributed by atoms with van der Waals surface area (Å²) in [6, 6.07) is 18.1. The molecule has 6 nitrogen and oxygen atoms in total. The SMILES string of the molecule is CCC(c1ccccc1)c1nn2c(N)c(/C=C3/C(C)=Nc4ccccc43)c(=O)nc2s1. The Morgan fingerprint density at radius 2 is 1.87 bits per heavy atom. The summed E-state index contributed by atoms with van der Waals surface area (Å²) in [4.78, 5) is 22.3. The molecule has 1 atom stereocenters. The average molecular weight is 428 g/mol. The summed E-state index contributed by atoms with van der Waals surface area (Å²) < 4.78 is 1.59. The number of para-hydroxylation sites is 1. The number of fused-ring (bicyclic) bond motifs is 2. The third kappa shape index (κ3) is 3.27. The first-order chi connectivity index (χ1) is 15.1. The Morgan fingerprint density at radius 3 is 2.65 bits per heavy atom. The molecule has 1 unspecified atom stereocenters. The fraction of sp³-hybridized carbons (Fsp3) is 0.167. The molecule has 0 fully saturated rings. The van der Waals surface area contributed by atoms with Crippen LogP contribution in [0.4, 0.5) is 11.5 Å². The molecule has 4 aromatic rings. The Labute approximate surface area is 183 Å². The molecule has 1 aliphatic heterocycles. The number of aromatic nitrogens is 3. The number of anilines is 1. The van der Waals surface area contributed by atoms with E-state index in [0.717, 1.165) is 34.0 Å². The van der Waals surface area contributed by atoms with Gasteiger partial charge in [-0.3, -0.25) is 9.79 Å². The lowest BCUT2D eigenvalue weighted by Gasteiger charge is -2.11. The Bertz CT molecular complexity index is 1420. The van der Waals surface area contributed by atoms with Crippen molar-refractivity contribution in [2.45, 2.75) is 26.2 Å². The Morgan fingerprint density at radius 1 is 1.13 bits per heavy atom. The first-order valence-corrected chi connectivity index (χ1v) is 11.0. The molecule has 0 spiro atoms. The standard InChI is InChI=1S/C24H21N5OS/c1-3-16(15-9-5-4-6-10-15)23-28-29-21(25)19(22(30)27-24(29)31-23)13-18-14(2)26-20-12-8-7-11-17(18)20/h4-13,16H,3,25H2,1-2H3/b18-13-. The highest BCUT2D eigenvalue weighted by atomic mass is 32.1. The number of rotatable bonds is 4. The number of nitrogen functional groups attached to an aromatic ring is 1. The van der Waals surface area contributed by atoms with Crippen molar-refractivity contribution in [3.8, 4) is 0 Å². The van der Waals surface area contributed by atoms with E-state index >= 15 is 0 Å². The summed E-state index contributed by atoms with van der Waals surface area (Å²) in [6.45, 7) is 4.05. The van der Waals surface area contributed by atoms with Crippen LogP contribution < -0.4 is 11.3 Å². The maximum Gasteiger partial charge on any atom is 0.283 e. The molecule has 31 heavy (non-hydrogen) atoms. The second-order valence-electron chi connectivity index (χ2n) is 7.49. The monoisotopic (exact) mass is 427 g/mol. The third-order valence-electron chi connectivity index (χ3n) is 5.58. The van der Waals surface area contributed by atoms with Crippen molar-refractivity contribution < 1.29 is 0 Å². The number of aliphatic imine (C=N–C) groups is 1. The summed E-state index contributed by atoms with van der Waals surface area (Å²) >= 11 is 1.41. The van der Waals surface area contributed by atoms with Crippen molar-refractivity contribution in [2.75, 3.05) is 5.73 Å². The number of benzene rings is 2. The van der Waals surface area contributed by atoms with E-state index in [1.54, 1.807) is 10.6 Å². The predicted octanol–water partition coefficient (Wildman–Crippen LogP) is 4.92. The predicted molar refractivity (Wildman–Crippen MR) is 127 cm³/mol. The number of allylic oxidation sites excluding steroid dienone is 1. The molecule has 2 aromatic carbocycles. The van der Waals surface area contributed by atoms with Gasteiger partial charge in [0, 0.05) is 22.8 Å². The summed E-state index contributed by atoms with van der Waals surface area (Å²) in [6.07, 6.45) is 2.67. The van der Waals surface area contributed by atoms with Gasteiger partial charge < -0.3 is 5.73 Å². The molecule has 0 saturated carbocycles. The average Bonchev–Trinajstić information content (AvgIpc) is 3.33. The summed E-state index contributed by atoms with van der Waals surface area (Å²) in [5.41, 5.74) is 11.2. The van der Waals surface area contributed by atoms with E-state index in [0.29, 0.717) is 16.3 Å². The number of hydrogen-bond donors (Lipinski definition) is 1. The van der Waals surface area contributed by atoms with Crippen molar-refractivity contribution >= 4 is 45.2 Å². The molecule has 3 heterocycles. The van der Waals surface area contributed by atoms with Gasteiger partial charge in [-0.05, 0) is 31.1 Å². The molecule has 154 valence electrons. The lowest BCUT2D eigenvalue weighted by molar-refractivity contribution is 0.742. The van der Waals surface area contributed by atoms with Crippen molar-refractivity contribution in [1.29, 1.82) is 0 Å². The van der Waals surface area contributed by atoms with Gasteiger partial charge in [0.1, 0.15) is 10.8 Å². The third-order valence-corrected chi connectivity index (χ3v) is 6.60. The zero-order valence-corrected chi connectivity index (χ0v) is 18.1. The minimum atomic E-state index is -0.356. The Balaban J connectivity index is 1.64. The van der Waals surface area contributed by atoms with Crippen LogP contribution in [0.2, 0.25) is 0 Å². The molecule has 2 N–H and O–H groups in total. The highest BCUT2D eigenvalue weighted by Gasteiger charge is 2.22. The molecular formula is C24H21N5OS.